The molecule has 0 nitrogen and oxygen atoms in total. The highest BCUT2D eigenvalue weighted by atomic mass is 79.9. The normalized spacial score (nSPS) is 18.0. The Morgan fingerprint density at radius 1 is 1.19 bits per heavy atom. The van der Waals surface area contributed by atoms with Crippen LogP contribution in [0.4, 0.5) is 17.6 Å². The zero-order chi connectivity index (χ0) is 15.5. The summed E-state index contributed by atoms with van der Waals surface area (Å²) in [6.45, 7) is 0. The first kappa shape index (κ1) is 16.5. The lowest BCUT2D eigenvalue weighted by Crippen LogP contribution is -2.11. The minimum atomic E-state index is -4.66. The third kappa shape index (κ3) is 4.31. The molecule has 1 aliphatic rings. The van der Waals surface area contributed by atoms with Crippen LogP contribution in [0, 0.1) is 11.7 Å². The predicted octanol–water partition coefficient (Wildman–Crippen LogP) is 6.20. The molecule has 1 saturated carbocycles. The van der Waals surface area contributed by atoms with Gasteiger partial charge in [-0.05, 0) is 36.5 Å². The Labute approximate surface area is 130 Å². The minimum Gasteiger partial charge on any atom is -0.206 e. The summed E-state index contributed by atoms with van der Waals surface area (Å²) in [5, 5.41) is 0.635. The fourth-order valence-corrected chi connectivity index (χ4v) is 3.42. The molecule has 1 fully saturated rings. The molecule has 116 valence electrons. The fraction of sp³-hybridized carbons (Fsp3) is 0.500. The Balaban J connectivity index is 2.29. The first-order valence-electron chi connectivity index (χ1n) is 7.05. The van der Waals surface area contributed by atoms with Crippen molar-refractivity contribution in [2.75, 3.05) is 5.33 Å². The summed E-state index contributed by atoms with van der Waals surface area (Å²) in [5.74, 6) is -0.810. The summed E-state index contributed by atoms with van der Waals surface area (Å²) < 4.78 is 51.5. The van der Waals surface area contributed by atoms with Crippen molar-refractivity contribution in [1.29, 1.82) is 0 Å². The second-order valence-electron chi connectivity index (χ2n) is 5.42. The van der Waals surface area contributed by atoms with Gasteiger partial charge in [0, 0.05) is 5.33 Å². The van der Waals surface area contributed by atoms with Gasteiger partial charge < -0.3 is 0 Å². The maximum absolute atomic E-state index is 13.3. The molecule has 0 atom stereocenters. The Morgan fingerprint density at radius 2 is 1.86 bits per heavy atom. The summed E-state index contributed by atoms with van der Waals surface area (Å²) in [5.41, 5.74) is 0.298. The third-order valence-corrected chi connectivity index (χ3v) is 4.58. The highest BCUT2D eigenvalue weighted by Crippen LogP contribution is 2.34. The van der Waals surface area contributed by atoms with Gasteiger partial charge in [-0.25, -0.2) is 4.39 Å². The van der Waals surface area contributed by atoms with Crippen molar-refractivity contribution in [2.24, 2.45) is 5.92 Å². The van der Waals surface area contributed by atoms with Crippen LogP contribution in [-0.4, -0.2) is 5.33 Å². The second kappa shape index (κ2) is 6.95. The highest BCUT2D eigenvalue weighted by molar-refractivity contribution is 9.09. The zero-order valence-corrected chi connectivity index (χ0v) is 13.1. The highest BCUT2D eigenvalue weighted by Gasteiger charge is 2.34. The molecule has 5 heteroatoms. The van der Waals surface area contributed by atoms with Gasteiger partial charge in [0.25, 0.3) is 0 Å². The molecule has 0 spiro atoms. The van der Waals surface area contributed by atoms with Crippen LogP contribution in [0.1, 0.15) is 43.2 Å². The minimum absolute atomic E-state index is 0.406. The Kier molecular flexibility index (Phi) is 5.47. The average Bonchev–Trinajstić information content (AvgIpc) is 2.46. The van der Waals surface area contributed by atoms with Crippen LogP contribution in [0.25, 0.3) is 6.08 Å². The molecular weight excluding hydrogens is 348 g/mol. The van der Waals surface area contributed by atoms with Gasteiger partial charge in [-0.15, -0.1) is 0 Å². The summed E-state index contributed by atoms with van der Waals surface area (Å²) in [6.07, 6.45) is 2.79. The number of halogens is 5. The number of hydrogen-bond acceptors (Lipinski definition) is 0. The largest absolute Gasteiger partial charge is 0.419 e. The summed E-state index contributed by atoms with van der Waals surface area (Å²) >= 11 is 3.42. The number of alkyl halides is 4. The standard InChI is InChI=1S/C16H17BrF4/c17-10-13(12-4-2-1-3-5-12)8-11-6-7-15(18)14(9-11)16(19,20)21/h6-9,12H,1-5,10H2/b13-8-. The van der Waals surface area contributed by atoms with Gasteiger partial charge in [0.15, 0.2) is 0 Å². The van der Waals surface area contributed by atoms with E-state index in [1.807, 2.05) is 0 Å². The van der Waals surface area contributed by atoms with Crippen LogP contribution in [0.5, 0.6) is 0 Å². The van der Waals surface area contributed by atoms with Gasteiger partial charge in [-0.3, -0.25) is 0 Å². The first-order chi connectivity index (χ1) is 9.91. The summed E-state index contributed by atoms with van der Waals surface area (Å²) in [4.78, 5) is 0. The SMILES string of the molecule is Fc1ccc(/C=C(/CBr)C2CCCCC2)cc1C(F)(F)F. The van der Waals surface area contributed by atoms with E-state index in [2.05, 4.69) is 15.9 Å². The molecule has 0 aromatic heterocycles. The van der Waals surface area contributed by atoms with Crippen LogP contribution in [0.15, 0.2) is 23.8 Å². The maximum atomic E-state index is 13.3. The van der Waals surface area contributed by atoms with E-state index in [4.69, 9.17) is 0 Å². The van der Waals surface area contributed by atoms with E-state index >= 15 is 0 Å². The molecule has 0 bridgehead atoms. The van der Waals surface area contributed by atoms with E-state index in [9.17, 15) is 17.6 Å². The monoisotopic (exact) mass is 364 g/mol. The van der Waals surface area contributed by atoms with Crippen molar-refractivity contribution < 1.29 is 17.6 Å². The topological polar surface area (TPSA) is 0 Å². The van der Waals surface area contributed by atoms with E-state index < -0.39 is 17.6 Å². The van der Waals surface area contributed by atoms with Crippen LogP contribution >= 0.6 is 15.9 Å². The summed E-state index contributed by atoms with van der Waals surface area (Å²) in [7, 11) is 0. The molecule has 0 N–H and O–H groups in total. The van der Waals surface area contributed by atoms with E-state index in [0.29, 0.717) is 16.8 Å². The number of rotatable bonds is 3. The Morgan fingerprint density at radius 3 is 2.43 bits per heavy atom. The molecule has 2 rings (SSSR count). The van der Waals surface area contributed by atoms with Crippen molar-refractivity contribution in [3.8, 4) is 0 Å². The van der Waals surface area contributed by atoms with Crippen molar-refractivity contribution >= 4 is 22.0 Å². The molecule has 0 radical (unpaired) electrons. The molecule has 21 heavy (non-hydrogen) atoms. The van der Waals surface area contributed by atoms with Gasteiger partial charge in [0.1, 0.15) is 5.82 Å². The predicted molar refractivity (Wildman–Crippen MR) is 79.7 cm³/mol. The molecule has 0 aliphatic heterocycles. The molecule has 0 amide bonds. The fourth-order valence-electron chi connectivity index (χ4n) is 2.80. The molecule has 1 aromatic rings. The quantitative estimate of drug-likeness (QED) is 0.442. The van der Waals surface area contributed by atoms with E-state index in [1.165, 1.54) is 12.5 Å². The molecule has 0 unspecified atom stereocenters. The average molecular weight is 365 g/mol. The Hall–Kier alpha value is -0.840. The summed E-state index contributed by atoms with van der Waals surface area (Å²) in [6, 6.07) is 3.18. The van der Waals surface area contributed by atoms with Crippen LogP contribution in [0.3, 0.4) is 0 Å². The second-order valence-corrected chi connectivity index (χ2v) is 5.99. The number of benzene rings is 1. The van der Waals surface area contributed by atoms with Crippen molar-refractivity contribution in [2.45, 2.75) is 38.3 Å². The van der Waals surface area contributed by atoms with Gasteiger partial charge in [-0.2, -0.15) is 13.2 Å². The van der Waals surface area contributed by atoms with Gasteiger partial charge in [-0.1, -0.05) is 52.9 Å². The van der Waals surface area contributed by atoms with Crippen molar-refractivity contribution in [1.82, 2.24) is 0 Å². The maximum Gasteiger partial charge on any atom is 0.419 e. The first-order valence-corrected chi connectivity index (χ1v) is 8.17. The zero-order valence-electron chi connectivity index (χ0n) is 11.5. The Bertz CT molecular complexity index is 513. The smallest absolute Gasteiger partial charge is 0.206 e. The van der Waals surface area contributed by atoms with Crippen molar-refractivity contribution in [3.63, 3.8) is 0 Å². The molecular formula is C16H17BrF4. The van der Waals surface area contributed by atoms with Crippen LogP contribution in [0.2, 0.25) is 0 Å². The van der Waals surface area contributed by atoms with Crippen molar-refractivity contribution in [3.05, 3.63) is 40.7 Å². The third-order valence-electron chi connectivity index (χ3n) is 3.93. The number of hydrogen-bond donors (Lipinski definition) is 0. The van der Waals surface area contributed by atoms with E-state index in [1.54, 1.807) is 6.08 Å². The van der Waals surface area contributed by atoms with E-state index in [-0.39, 0.29) is 0 Å². The number of allylic oxidation sites excluding steroid dienone is 1. The van der Waals surface area contributed by atoms with Gasteiger partial charge in [0.2, 0.25) is 0 Å². The molecule has 0 saturated heterocycles. The van der Waals surface area contributed by atoms with Gasteiger partial charge in [0.05, 0.1) is 5.56 Å². The van der Waals surface area contributed by atoms with Gasteiger partial charge >= 0.3 is 6.18 Å². The van der Waals surface area contributed by atoms with E-state index in [0.717, 1.165) is 43.4 Å². The lowest BCUT2D eigenvalue weighted by molar-refractivity contribution is -0.140. The molecule has 0 heterocycles. The van der Waals surface area contributed by atoms with Crippen LogP contribution in [-0.2, 0) is 6.18 Å². The lowest BCUT2D eigenvalue weighted by atomic mass is 9.83. The van der Waals surface area contributed by atoms with Crippen LogP contribution < -0.4 is 0 Å². The molecule has 1 aliphatic carbocycles. The molecule has 1 aromatic carbocycles. The lowest BCUT2D eigenvalue weighted by Gasteiger charge is -2.23.